The monoisotopic (exact) mass is 294 g/mol. The van der Waals surface area contributed by atoms with Crippen molar-refractivity contribution in [3.05, 3.63) is 29.0 Å². The van der Waals surface area contributed by atoms with Gasteiger partial charge in [0.05, 0.1) is 22.7 Å². The number of esters is 1. The lowest BCUT2D eigenvalue weighted by atomic mass is 10.1. The molecule has 0 aliphatic rings. The molecular formula is C15H19ClN2O2. The van der Waals surface area contributed by atoms with Gasteiger partial charge in [0, 0.05) is 6.04 Å². The summed E-state index contributed by atoms with van der Waals surface area (Å²) in [5.41, 5.74) is 1.67. The summed E-state index contributed by atoms with van der Waals surface area (Å²) in [6, 6.07) is 5.76. The van der Waals surface area contributed by atoms with Gasteiger partial charge in [-0.05, 0) is 39.8 Å². The molecule has 0 aliphatic heterocycles. The van der Waals surface area contributed by atoms with Gasteiger partial charge in [-0.1, -0.05) is 17.7 Å². The van der Waals surface area contributed by atoms with Crippen LogP contribution in [0.2, 0.25) is 5.02 Å². The minimum atomic E-state index is -0.416. The van der Waals surface area contributed by atoms with Crippen molar-refractivity contribution < 1.29 is 9.53 Å². The Kier molecular flexibility index (Phi) is 4.33. The van der Waals surface area contributed by atoms with E-state index in [0.717, 1.165) is 11.0 Å². The van der Waals surface area contributed by atoms with Crippen LogP contribution in [-0.4, -0.2) is 22.1 Å². The molecule has 1 aromatic heterocycles. The molecule has 0 aliphatic carbocycles. The number of imidazole rings is 1. The third kappa shape index (κ3) is 2.52. The second-order valence-electron chi connectivity index (χ2n) is 5.02. The van der Waals surface area contributed by atoms with Gasteiger partial charge in [0.15, 0.2) is 0 Å². The first-order valence-electron chi connectivity index (χ1n) is 6.80. The molecule has 0 bridgehead atoms. The van der Waals surface area contributed by atoms with Crippen LogP contribution in [0.1, 0.15) is 45.5 Å². The van der Waals surface area contributed by atoms with Crippen molar-refractivity contribution in [3.8, 4) is 0 Å². The minimum Gasteiger partial charge on any atom is -0.465 e. The van der Waals surface area contributed by atoms with Gasteiger partial charge in [-0.2, -0.15) is 0 Å². The maximum absolute atomic E-state index is 12.0. The van der Waals surface area contributed by atoms with E-state index in [-0.39, 0.29) is 12.0 Å². The molecule has 2 rings (SSSR count). The third-order valence-corrected chi connectivity index (χ3v) is 3.54. The topological polar surface area (TPSA) is 44.1 Å². The summed E-state index contributed by atoms with van der Waals surface area (Å²) in [6.45, 7) is 8.07. The SMILES string of the molecule is CCOC(=O)C(C)c1nc2cccc(Cl)c2n1C(C)C. The predicted octanol–water partition coefficient (Wildman–Crippen LogP) is 3.94. The Morgan fingerprint density at radius 2 is 2.10 bits per heavy atom. The van der Waals surface area contributed by atoms with Crippen molar-refractivity contribution in [2.45, 2.75) is 39.7 Å². The quantitative estimate of drug-likeness (QED) is 0.802. The van der Waals surface area contributed by atoms with Crippen LogP contribution >= 0.6 is 11.6 Å². The van der Waals surface area contributed by atoms with Crippen LogP contribution in [0.5, 0.6) is 0 Å². The highest BCUT2D eigenvalue weighted by Gasteiger charge is 2.25. The van der Waals surface area contributed by atoms with Crippen molar-refractivity contribution in [3.63, 3.8) is 0 Å². The zero-order valence-corrected chi connectivity index (χ0v) is 12.9. The van der Waals surface area contributed by atoms with Crippen LogP contribution in [0.15, 0.2) is 18.2 Å². The van der Waals surface area contributed by atoms with Crippen molar-refractivity contribution in [1.29, 1.82) is 0 Å². The van der Waals surface area contributed by atoms with Crippen molar-refractivity contribution in [2.24, 2.45) is 0 Å². The van der Waals surface area contributed by atoms with Gasteiger partial charge >= 0.3 is 5.97 Å². The van der Waals surface area contributed by atoms with Crippen molar-refractivity contribution >= 4 is 28.6 Å². The number of carbonyl (C=O) groups excluding carboxylic acids is 1. The lowest BCUT2D eigenvalue weighted by molar-refractivity contribution is -0.144. The van der Waals surface area contributed by atoms with Crippen LogP contribution in [0, 0.1) is 0 Å². The second kappa shape index (κ2) is 5.83. The minimum absolute atomic E-state index is 0.159. The summed E-state index contributed by atoms with van der Waals surface area (Å²) in [5, 5.41) is 0.644. The first-order chi connectivity index (χ1) is 9.47. The van der Waals surface area contributed by atoms with Crippen LogP contribution < -0.4 is 0 Å². The number of hydrogen-bond donors (Lipinski definition) is 0. The zero-order valence-electron chi connectivity index (χ0n) is 12.2. The van der Waals surface area contributed by atoms with E-state index in [1.54, 1.807) is 6.92 Å². The third-order valence-electron chi connectivity index (χ3n) is 3.23. The number of ether oxygens (including phenoxy) is 1. The van der Waals surface area contributed by atoms with E-state index in [1.165, 1.54) is 0 Å². The maximum Gasteiger partial charge on any atom is 0.316 e. The molecule has 1 heterocycles. The number of para-hydroxylation sites is 1. The first kappa shape index (κ1) is 14.9. The van der Waals surface area contributed by atoms with E-state index in [0.29, 0.717) is 17.5 Å². The molecule has 1 aromatic carbocycles. The molecule has 0 N–H and O–H groups in total. The number of hydrogen-bond acceptors (Lipinski definition) is 3. The Balaban J connectivity index is 2.61. The van der Waals surface area contributed by atoms with Crippen LogP contribution in [0.3, 0.4) is 0 Å². The van der Waals surface area contributed by atoms with E-state index >= 15 is 0 Å². The molecule has 0 spiro atoms. The van der Waals surface area contributed by atoms with Gasteiger partial charge in [0.1, 0.15) is 11.7 Å². The van der Waals surface area contributed by atoms with Crippen molar-refractivity contribution in [2.75, 3.05) is 6.61 Å². The number of aromatic nitrogens is 2. The molecule has 4 nitrogen and oxygen atoms in total. The van der Waals surface area contributed by atoms with Crippen LogP contribution in [0.4, 0.5) is 0 Å². The average Bonchev–Trinajstić information content (AvgIpc) is 2.79. The van der Waals surface area contributed by atoms with Crippen LogP contribution in [0.25, 0.3) is 11.0 Å². The maximum atomic E-state index is 12.0. The van der Waals surface area contributed by atoms with E-state index in [9.17, 15) is 4.79 Å². The van der Waals surface area contributed by atoms with E-state index in [1.807, 2.05) is 43.5 Å². The Morgan fingerprint density at radius 1 is 1.40 bits per heavy atom. The number of fused-ring (bicyclic) bond motifs is 1. The molecule has 0 radical (unpaired) electrons. The number of nitrogens with zero attached hydrogens (tertiary/aromatic N) is 2. The number of carbonyl (C=O) groups is 1. The molecule has 0 saturated carbocycles. The molecule has 0 fully saturated rings. The summed E-state index contributed by atoms with van der Waals surface area (Å²) >= 11 is 6.29. The van der Waals surface area contributed by atoms with Gasteiger partial charge in [0.2, 0.25) is 0 Å². The van der Waals surface area contributed by atoms with Crippen LogP contribution in [-0.2, 0) is 9.53 Å². The highest BCUT2D eigenvalue weighted by molar-refractivity contribution is 6.35. The molecule has 1 atom stereocenters. The molecule has 5 heteroatoms. The van der Waals surface area contributed by atoms with Gasteiger partial charge in [-0.15, -0.1) is 0 Å². The molecule has 0 saturated heterocycles. The summed E-state index contributed by atoms with van der Waals surface area (Å²) < 4.78 is 7.11. The first-order valence-corrected chi connectivity index (χ1v) is 7.18. The van der Waals surface area contributed by atoms with Crippen molar-refractivity contribution in [1.82, 2.24) is 9.55 Å². The van der Waals surface area contributed by atoms with Gasteiger partial charge < -0.3 is 9.30 Å². The smallest absolute Gasteiger partial charge is 0.316 e. The lowest BCUT2D eigenvalue weighted by Crippen LogP contribution is -2.18. The zero-order chi connectivity index (χ0) is 14.9. The van der Waals surface area contributed by atoms with E-state index in [4.69, 9.17) is 16.3 Å². The fourth-order valence-corrected chi connectivity index (χ4v) is 2.59. The molecule has 2 aromatic rings. The number of benzene rings is 1. The predicted molar refractivity (Wildman–Crippen MR) is 80.2 cm³/mol. The normalized spacial score (nSPS) is 12.9. The van der Waals surface area contributed by atoms with Gasteiger partial charge in [-0.3, -0.25) is 4.79 Å². The highest BCUT2D eigenvalue weighted by Crippen LogP contribution is 2.31. The van der Waals surface area contributed by atoms with Gasteiger partial charge in [0.25, 0.3) is 0 Å². The summed E-state index contributed by atoms with van der Waals surface area (Å²) in [4.78, 5) is 16.5. The standard InChI is InChI=1S/C15H19ClN2O2/c1-5-20-15(19)10(4)14-17-12-8-6-7-11(16)13(12)18(14)9(2)3/h6-10H,5H2,1-4H3. The van der Waals surface area contributed by atoms with E-state index in [2.05, 4.69) is 4.98 Å². The molecule has 108 valence electrons. The highest BCUT2D eigenvalue weighted by atomic mass is 35.5. The molecule has 20 heavy (non-hydrogen) atoms. The number of rotatable bonds is 4. The Hall–Kier alpha value is -1.55. The molecular weight excluding hydrogens is 276 g/mol. The van der Waals surface area contributed by atoms with E-state index < -0.39 is 5.92 Å². The van der Waals surface area contributed by atoms with Gasteiger partial charge in [-0.25, -0.2) is 4.98 Å². The second-order valence-corrected chi connectivity index (χ2v) is 5.42. The Labute approximate surface area is 123 Å². The summed E-state index contributed by atoms with van der Waals surface area (Å²) in [5.74, 6) is 0.0168. The lowest BCUT2D eigenvalue weighted by Gasteiger charge is -2.17. The fraction of sp³-hybridized carbons (Fsp3) is 0.467. The average molecular weight is 295 g/mol. The largest absolute Gasteiger partial charge is 0.465 e. The number of halogens is 1. The Bertz CT molecular complexity index is 634. The Morgan fingerprint density at radius 3 is 2.70 bits per heavy atom. The summed E-state index contributed by atoms with van der Waals surface area (Å²) in [7, 11) is 0. The fourth-order valence-electron chi connectivity index (χ4n) is 2.33. The molecule has 0 amide bonds. The summed E-state index contributed by atoms with van der Waals surface area (Å²) in [6.07, 6.45) is 0. The molecule has 1 unspecified atom stereocenters.